The van der Waals surface area contributed by atoms with E-state index in [1.807, 2.05) is 54.7 Å². The molecule has 1 aliphatic rings. The Morgan fingerprint density at radius 1 is 1.00 bits per heavy atom. The summed E-state index contributed by atoms with van der Waals surface area (Å²) in [5.74, 6) is -3.14. The van der Waals surface area contributed by atoms with Crippen LogP contribution in [0.3, 0.4) is 0 Å². The van der Waals surface area contributed by atoms with Gasteiger partial charge in [0, 0.05) is 44.1 Å². The summed E-state index contributed by atoms with van der Waals surface area (Å²) in [7, 11) is 1.00. The van der Waals surface area contributed by atoms with E-state index in [0.717, 1.165) is 45.1 Å². The average Bonchev–Trinajstić information content (AvgIpc) is 3.85. The second-order valence-corrected chi connectivity index (χ2v) is 12.0. The van der Waals surface area contributed by atoms with Crippen molar-refractivity contribution in [3.05, 3.63) is 78.5 Å². The topological polar surface area (TPSA) is 200 Å². The molecule has 1 aliphatic heterocycles. The number of ether oxygens (including phenoxy) is 2. The number of carbonyl (C=O) groups is 5. The van der Waals surface area contributed by atoms with Crippen LogP contribution >= 0.6 is 11.3 Å². The van der Waals surface area contributed by atoms with E-state index in [0.29, 0.717) is 38.3 Å². The maximum absolute atomic E-state index is 12.6. The molecule has 0 saturated carbocycles. The number of aliphatic hydroxyl groups excluding tert-OH is 1. The van der Waals surface area contributed by atoms with E-state index in [9.17, 15) is 24.0 Å². The lowest BCUT2D eigenvalue weighted by Gasteiger charge is -2.31. The molecule has 3 heterocycles. The molecule has 0 unspecified atom stereocenters. The maximum atomic E-state index is 12.6. The smallest absolute Gasteiger partial charge is 0.409 e. The molecule has 3 amide bonds. The molecule has 2 aromatic carbocycles. The van der Waals surface area contributed by atoms with Crippen molar-refractivity contribution in [3.8, 4) is 38.1 Å². The van der Waals surface area contributed by atoms with Crippen molar-refractivity contribution in [3.63, 3.8) is 0 Å². The summed E-state index contributed by atoms with van der Waals surface area (Å²) in [6.07, 6.45) is 6.12. The molecule has 5 N–H and O–H groups in total. The summed E-state index contributed by atoms with van der Waals surface area (Å²) in [4.78, 5) is 69.0. The van der Waals surface area contributed by atoms with Crippen molar-refractivity contribution < 1.29 is 43.7 Å². The molecule has 0 bridgehead atoms. The molecule has 14 nitrogen and oxygen atoms in total. The Bertz CT molecular complexity index is 1810. The van der Waals surface area contributed by atoms with Crippen LogP contribution in [0.2, 0.25) is 0 Å². The molecule has 4 aromatic rings. The Balaban J connectivity index is 0.00000286. The predicted octanol–water partition coefficient (Wildman–Crippen LogP) is 3.98. The highest BCUT2D eigenvalue weighted by Crippen LogP contribution is 2.40. The number of H-pyrrole nitrogens is 1. The van der Waals surface area contributed by atoms with E-state index < -0.39 is 24.2 Å². The van der Waals surface area contributed by atoms with Gasteiger partial charge in [-0.3, -0.25) is 14.4 Å². The van der Waals surface area contributed by atoms with Crippen molar-refractivity contribution in [2.24, 2.45) is 0 Å². The van der Waals surface area contributed by atoms with Gasteiger partial charge < -0.3 is 40.2 Å². The fraction of sp³-hybridized carbons (Fsp3) is 0.278. The zero-order valence-electron chi connectivity index (χ0n) is 28.1. The number of rotatable bonds is 13. The van der Waals surface area contributed by atoms with Crippen LogP contribution in [0.1, 0.15) is 25.3 Å². The lowest BCUT2D eigenvalue weighted by atomic mass is 10.0. The van der Waals surface area contributed by atoms with E-state index >= 15 is 0 Å². The largest absolute Gasteiger partial charge is 0.484 e. The van der Waals surface area contributed by atoms with Crippen LogP contribution in [-0.4, -0.2) is 101 Å². The van der Waals surface area contributed by atoms with Crippen molar-refractivity contribution in [2.45, 2.75) is 25.8 Å². The number of nitrogens with zero attached hydrogens (tertiary/aromatic N) is 2. The molecule has 51 heavy (non-hydrogen) atoms. The highest BCUT2D eigenvalue weighted by atomic mass is 32.1. The molecule has 1 fully saturated rings. The number of ketones is 1. The summed E-state index contributed by atoms with van der Waals surface area (Å²) in [5.41, 5.74) is 4.24. The van der Waals surface area contributed by atoms with Crippen LogP contribution in [0.25, 0.3) is 38.5 Å². The summed E-state index contributed by atoms with van der Waals surface area (Å²) in [6, 6.07) is 18.7. The van der Waals surface area contributed by atoms with Crippen LogP contribution in [0.5, 0.6) is 5.75 Å². The zero-order valence-corrected chi connectivity index (χ0v) is 28.9. The Labute approximate surface area is 298 Å². The number of thiazole rings is 1. The van der Waals surface area contributed by atoms with Crippen LogP contribution < -0.4 is 15.4 Å². The number of Topliss-reactive ketones (excluding diaryl/α,β-unsaturated/α-hetero) is 1. The third kappa shape index (κ3) is 10.8. The van der Waals surface area contributed by atoms with Gasteiger partial charge in [0.05, 0.1) is 29.4 Å². The van der Waals surface area contributed by atoms with Gasteiger partial charge in [-0.15, -0.1) is 11.3 Å². The van der Waals surface area contributed by atoms with Crippen molar-refractivity contribution in [1.29, 1.82) is 0 Å². The predicted molar refractivity (Wildman–Crippen MR) is 191 cm³/mol. The number of nitrogens with one attached hydrogen (secondary N) is 3. The molecule has 1 saturated heterocycles. The normalized spacial score (nSPS) is 12.8. The zero-order chi connectivity index (χ0) is 36.8. The van der Waals surface area contributed by atoms with Crippen LogP contribution in [0.4, 0.5) is 4.79 Å². The minimum atomic E-state index is -1.62. The molecular weight excluding hydrogens is 678 g/mol. The van der Waals surface area contributed by atoms with E-state index in [4.69, 9.17) is 24.7 Å². The summed E-state index contributed by atoms with van der Waals surface area (Å²) >= 11 is 1.53. The number of carbonyl (C=O) groups excluding carboxylic acids is 4. The van der Waals surface area contributed by atoms with Crippen LogP contribution in [0, 0.1) is 0 Å². The van der Waals surface area contributed by atoms with Gasteiger partial charge in [-0.2, -0.15) is 0 Å². The Hall–Kier alpha value is -5.80. The standard InChI is InChI=1S/C35H35N5O8S.CH4O/c1-2-47-35(46)40-18-15-25(16-19-40)38-29(42)14-7-22-5-8-24(9-6-22)32-31(39-33(49-32)27-4-3-17-36-27)23-10-12-26(13-11-23)48-21-30(43)37-20-28(41)34(44)45;1-2/h3-14,17,25,36H,2,15-16,18-21H2,1H3,(H,37,43)(H,38,42)(H,44,45);2H,1H3/b14-7+;. The maximum Gasteiger partial charge on any atom is 0.409 e. The number of benzene rings is 2. The molecule has 268 valence electrons. The van der Waals surface area contributed by atoms with Gasteiger partial charge >= 0.3 is 12.1 Å². The minimum Gasteiger partial charge on any atom is -0.484 e. The number of hydrogen-bond donors (Lipinski definition) is 5. The first-order chi connectivity index (χ1) is 24.7. The third-order valence-corrected chi connectivity index (χ3v) is 8.74. The van der Waals surface area contributed by atoms with Crippen LogP contribution in [0.15, 0.2) is 72.9 Å². The van der Waals surface area contributed by atoms with Gasteiger partial charge in [-0.1, -0.05) is 24.3 Å². The van der Waals surface area contributed by atoms with Crippen LogP contribution in [-0.2, 0) is 23.9 Å². The van der Waals surface area contributed by atoms with E-state index in [1.165, 1.54) is 17.4 Å². The van der Waals surface area contributed by atoms with Gasteiger partial charge in [0.15, 0.2) is 6.61 Å². The molecule has 0 atom stereocenters. The third-order valence-electron chi connectivity index (χ3n) is 7.61. The van der Waals surface area contributed by atoms with E-state index in [2.05, 4.69) is 15.6 Å². The molecule has 0 spiro atoms. The minimum absolute atomic E-state index is 0.00802. The fourth-order valence-electron chi connectivity index (χ4n) is 5.04. The highest BCUT2D eigenvalue weighted by Gasteiger charge is 2.24. The number of carboxylic acid groups (broad SMARTS) is 1. The first kappa shape index (κ1) is 38.0. The van der Waals surface area contributed by atoms with Gasteiger partial charge in [0.25, 0.3) is 11.7 Å². The molecular formula is C36H39N5O9S. The summed E-state index contributed by atoms with van der Waals surface area (Å²) in [5, 5.41) is 21.7. The number of aromatic nitrogens is 2. The average molecular weight is 718 g/mol. The number of aliphatic hydroxyl groups is 1. The van der Waals surface area contributed by atoms with Crippen molar-refractivity contribution in [2.75, 3.05) is 40.0 Å². The number of aromatic amines is 1. The lowest BCUT2D eigenvalue weighted by Crippen LogP contribution is -2.46. The number of hydrogen-bond acceptors (Lipinski definition) is 10. The summed E-state index contributed by atoms with van der Waals surface area (Å²) in [6.45, 7) is 2.19. The first-order valence-corrected chi connectivity index (χ1v) is 16.9. The van der Waals surface area contributed by atoms with Crippen molar-refractivity contribution >= 4 is 47.1 Å². The second kappa shape index (κ2) is 18.8. The van der Waals surface area contributed by atoms with Gasteiger partial charge in [0.2, 0.25) is 5.91 Å². The lowest BCUT2D eigenvalue weighted by molar-refractivity contribution is -0.148. The number of carboxylic acids is 1. The summed E-state index contributed by atoms with van der Waals surface area (Å²) < 4.78 is 10.6. The number of piperidine rings is 1. The monoisotopic (exact) mass is 717 g/mol. The molecule has 0 radical (unpaired) electrons. The second-order valence-electron chi connectivity index (χ2n) is 11.0. The number of likely N-dealkylation sites (tertiary alicyclic amines) is 1. The number of amides is 3. The molecule has 5 rings (SSSR count). The SMILES string of the molecule is CCOC(=O)N1CCC(NC(=O)/C=C/c2ccc(-c3sc(-c4ccc[nH]4)nc3-c3ccc(OCC(=O)NCC(=O)C(=O)O)cc3)cc2)CC1.CO. The van der Waals surface area contributed by atoms with E-state index in [1.54, 1.807) is 30.0 Å². The van der Waals surface area contributed by atoms with Gasteiger partial charge in [0.1, 0.15) is 10.8 Å². The fourth-order valence-corrected chi connectivity index (χ4v) is 6.12. The van der Waals surface area contributed by atoms with Gasteiger partial charge in [-0.25, -0.2) is 14.6 Å². The number of aliphatic carboxylic acids is 1. The molecule has 2 aromatic heterocycles. The highest BCUT2D eigenvalue weighted by molar-refractivity contribution is 7.18. The van der Waals surface area contributed by atoms with E-state index in [-0.39, 0.29) is 24.6 Å². The Kier molecular flexibility index (Phi) is 14.0. The molecule has 0 aliphatic carbocycles. The quantitative estimate of drug-likeness (QED) is 0.0996. The Morgan fingerprint density at radius 2 is 1.69 bits per heavy atom. The van der Waals surface area contributed by atoms with Crippen molar-refractivity contribution in [1.82, 2.24) is 25.5 Å². The Morgan fingerprint density at radius 3 is 2.31 bits per heavy atom. The first-order valence-electron chi connectivity index (χ1n) is 16.1. The molecule has 15 heteroatoms. The van der Waals surface area contributed by atoms with Gasteiger partial charge in [-0.05, 0) is 73.4 Å².